The molecule has 20 heavy (non-hydrogen) atoms. The van der Waals surface area contributed by atoms with E-state index in [0.29, 0.717) is 33.9 Å². The van der Waals surface area contributed by atoms with E-state index in [4.69, 9.17) is 21.1 Å². The molecule has 0 aliphatic heterocycles. The van der Waals surface area contributed by atoms with Crippen molar-refractivity contribution in [3.05, 3.63) is 58.4 Å². The number of halogens is 2. The highest BCUT2D eigenvalue weighted by atomic mass is 35.5. The second kappa shape index (κ2) is 6.39. The lowest BCUT2D eigenvalue weighted by Crippen LogP contribution is -2.01. The molecule has 0 unspecified atom stereocenters. The fourth-order valence-corrected chi connectivity index (χ4v) is 1.82. The number of rotatable bonds is 5. The fraction of sp³-hybridized carbons (Fsp3) is 0.133. The highest BCUT2D eigenvalue weighted by Gasteiger charge is 2.08. The molecule has 0 aromatic heterocycles. The van der Waals surface area contributed by atoms with Gasteiger partial charge in [-0.3, -0.25) is 4.79 Å². The molecule has 2 aromatic rings. The molecule has 104 valence electrons. The minimum absolute atomic E-state index is 0.00297. The van der Waals surface area contributed by atoms with Gasteiger partial charge in [0.25, 0.3) is 0 Å². The molecule has 5 heteroatoms. The van der Waals surface area contributed by atoms with E-state index in [9.17, 15) is 9.18 Å². The maximum atomic E-state index is 13.6. The van der Waals surface area contributed by atoms with Gasteiger partial charge in [-0.05, 0) is 24.3 Å². The Balaban J connectivity index is 2.19. The van der Waals surface area contributed by atoms with Gasteiger partial charge in [0.2, 0.25) is 0 Å². The molecular formula is C15H12ClFO3. The van der Waals surface area contributed by atoms with E-state index in [2.05, 4.69) is 0 Å². The molecule has 0 atom stereocenters. The van der Waals surface area contributed by atoms with Crippen molar-refractivity contribution in [1.29, 1.82) is 0 Å². The van der Waals surface area contributed by atoms with Crippen LogP contribution in [0.15, 0.2) is 36.4 Å². The minimum atomic E-state index is -0.451. The molecule has 0 fully saturated rings. The van der Waals surface area contributed by atoms with Crippen molar-refractivity contribution in [3.8, 4) is 11.5 Å². The van der Waals surface area contributed by atoms with Crippen molar-refractivity contribution in [2.24, 2.45) is 0 Å². The van der Waals surface area contributed by atoms with Crippen LogP contribution in [0.5, 0.6) is 11.5 Å². The summed E-state index contributed by atoms with van der Waals surface area (Å²) in [4.78, 5) is 10.9. The van der Waals surface area contributed by atoms with Gasteiger partial charge in [0.05, 0.1) is 12.7 Å². The van der Waals surface area contributed by atoms with E-state index in [1.807, 2.05) is 0 Å². The predicted molar refractivity (Wildman–Crippen MR) is 74.1 cm³/mol. The van der Waals surface area contributed by atoms with Crippen molar-refractivity contribution in [3.63, 3.8) is 0 Å². The molecule has 0 saturated carbocycles. The zero-order valence-electron chi connectivity index (χ0n) is 10.7. The fourth-order valence-electron chi connectivity index (χ4n) is 1.66. The number of hydrogen-bond donors (Lipinski definition) is 0. The maximum absolute atomic E-state index is 13.6. The SMILES string of the molecule is COc1ccc(C=O)c(OCc2ccc(Cl)cc2F)c1. The van der Waals surface area contributed by atoms with E-state index in [-0.39, 0.29) is 6.61 Å². The summed E-state index contributed by atoms with van der Waals surface area (Å²) in [6, 6.07) is 9.15. The summed E-state index contributed by atoms with van der Waals surface area (Å²) in [6.07, 6.45) is 0.674. The Morgan fingerprint density at radius 3 is 2.70 bits per heavy atom. The van der Waals surface area contributed by atoms with Crippen LogP contribution >= 0.6 is 11.6 Å². The predicted octanol–water partition coefficient (Wildman–Crippen LogP) is 3.88. The Kier molecular flexibility index (Phi) is 4.58. The van der Waals surface area contributed by atoms with E-state index in [1.54, 1.807) is 30.3 Å². The molecule has 0 bridgehead atoms. The summed E-state index contributed by atoms with van der Waals surface area (Å²) in [5, 5.41) is 0.321. The van der Waals surface area contributed by atoms with Gasteiger partial charge < -0.3 is 9.47 Å². The van der Waals surface area contributed by atoms with E-state index < -0.39 is 5.82 Å². The lowest BCUT2D eigenvalue weighted by Gasteiger charge is -2.10. The third-order valence-corrected chi connectivity index (χ3v) is 2.98. The standard InChI is InChI=1S/C15H12ClFO3/c1-19-13-5-3-10(8-18)15(7-13)20-9-11-2-4-12(16)6-14(11)17/h2-8H,9H2,1H3. The topological polar surface area (TPSA) is 35.5 Å². The van der Waals surface area contributed by atoms with Crippen molar-refractivity contribution in [2.45, 2.75) is 6.61 Å². The van der Waals surface area contributed by atoms with E-state index in [0.717, 1.165) is 0 Å². The van der Waals surface area contributed by atoms with Crippen LogP contribution < -0.4 is 9.47 Å². The molecule has 0 radical (unpaired) electrons. The van der Waals surface area contributed by atoms with Crippen LogP contribution in [-0.4, -0.2) is 13.4 Å². The number of methoxy groups -OCH3 is 1. The number of carbonyl (C=O) groups excluding carboxylic acids is 1. The first-order chi connectivity index (χ1) is 9.63. The Bertz CT molecular complexity index is 629. The Morgan fingerprint density at radius 2 is 2.05 bits per heavy atom. The third kappa shape index (κ3) is 3.27. The van der Waals surface area contributed by atoms with Crippen LogP contribution in [0.1, 0.15) is 15.9 Å². The zero-order chi connectivity index (χ0) is 14.5. The van der Waals surface area contributed by atoms with Crippen molar-refractivity contribution in [1.82, 2.24) is 0 Å². The molecule has 2 aromatic carbocycles. The summed E-state index contributed by atoms with van der Waals surface area (Å²) in [5.41, 5.74) is 0.731. The number of hydrogen-bond acceptors (Lipinski definition) is 3. The molecule has 2 rings (SSSR count). The average molecular weight is 295 g/mol. The summed E-state index contributed by atoms with van der Waals surface area (Å²) in [5.74, 6) is 0.448. The lowest BCUT2D eigenvalue weighted by atomic mass is 10.2. The molecular weight excluding hydrogens is 283 g/mol. The first-order valence-electron chi connectivity index (χ1n) is 5.84. The summed E-state index contributed by atoms with van der Waals surface area (Å²) >= 11 is 5.68. The van der Waals surface area contributed by atoms with Crippen LogP contribution in [0.25, 0.3) is 0 Å². The van der Waals surface area contributed by atoms with Gasteiger partial charge in [-0.15, -0.1) is 0 Å². The number of carbonyl (C=O) groups is 1. The summed E-state index contributed by atoms with van der Waals surface area (Å²) < 4.78 is 24.2. The first-order valence-corrected chi connectivity index (χ1v) is 6.22. The van der Waals surface area contributed by atoms with Crippen LogP contribution in [0.2, 0.25) is 5.02 Å². The van der Waals surface area contributed by atoms with Crippen molar-refractivity contribution < 1.29 is 18.7 Å². The average Bonchev–Trinajstić information content (AvgIpc) is 2.46. The molecule has 0 N–H and O–H groups in total. The van der Waals surface area contributed by atoms with Crippen LogP contribution in [0.3, 0.4) is 0 Å². The van der Waals surface area contributed by atoms with Gasteiger partial charge in [0, 0.05) is 16.7 Å². The largest absolute Gasteiger partial charge is 0.497 e. The zero-order valence-corrected chi connectivity index (χ0v) is 11.5. The molecule has 0 amide bonds. The van der Waals surface area contributed by atoms with Crippen LogP contribution in [0, 0.1) is 5.82 Å². The Hall–Kier alpha value is -2.07. The van der Waals surface area contributed by atoms with Gasteiger partial charge in [0.15, 0.2) is 6.29 Å². The molecule has 0 saturated heterocycles. The highest BCUT2D eigenvalue weighted by molar-refractivity contribution is 6.30. The third-order valence-electron chi connectivity index (χ3n) is 2.75. The van der Waals surface area contributed by atoms with Crippen LogP contribution in [-0.2, 0) is 6.61 Å². The monoisotopic (exact) mass is 294 g/mol. The van der Waals surface area contributed by atoms with Gasteiger partial charge in [-0.2, -0.15) is 0 Å². The smallest absolute Gasteiger partial charge is 0.153 e. The summed E-state index contributed by atoms with van der Waals surface area (Å²) in [6.45, 7) is -0.00297. The molecule has 0 aliphatic rings. The first kappa shape index (κ1) is 14.3. The van der Waals surface area contributed by atoms with E-state index in [1.165, 1.54) is 13.2 Å². The number of ether oxygens (including phenoxy) is 2. The van der Waals surface area contributed by atoms with Gasteiger partial charge in [-0.25, -0.2) is 4.39 Å². The molecule has 0 aliphatic carbocycles. The van der Waals surface area contributed by atoms with E-state index >= 15 is 0 Å². The van der Waals surface area contributed by atoms with Crippen LogP contribution in [0.4, 0.5) is 4.39 Å². The summed E-state index contributed by atoms with van der Waals surface area (Å²) in [7, 11) is 1.51. The van der Waals surface area contributed by atoms with Crippen molar-refractivity contribution in [2.75, 3.05) is 7.11 Å². The van der Waals surface area contributed by atoms with Crippen molar-refractivity contribution >= 4 is 17.9 Å². The quantitative estimate of drug-likeness (QED) is 0.785. The number of aldehydes is 1. The minimum Gasteiger partial charge on any atom is -0.497 e. The second-order valence-corrected chi connectivity index (χ2v) is 4.48. The molecule has 3 nitrogen and oxygen atoms in total. The normalized spacial score (nSPS) is 10.2. The molecule has 0 heterocycles. The highest BCUT2D eigenvalue weighted by Crippen LogP contribution is 2.25. The second-order valence-electron chi connectivity index (χ2n) is 4.05. The van der Waals surface area contributed by atoms with Gasteiger partial charge in [-0.1, -0.05) is 17.7 Å². The Morgan fingerprint density at radius 1 is 1.25 bits per heavy atom. The Labute approximate surface area is 120 Å². The maximum Gasteiger partial charge on any atom is 0.153 e. The van der Waals surface area contributed by atoms with Gasteiger partial charge >= 0.3 is 0 Å². The molecule has 0 spiro atoms. The lowest BCUT2D eigenvalue weighted by molar-refractivity contribution is 0.111. The number of benzene rings is 2. The van der Waals surface area contributed by atoms with Gasteiger partial charge in [0.1, 0.15) is 23.9 Å².